The van der Waals surface area contributed by atoms with Gasteiger partial charge in [0.05, 0.1) is 6.61 Å². The molecule has 2 aromatic rings. The summed E-state index contributed by atoms with van der Waals surface area (Å²) in [6.45, 7) is 2.45. The molecule has 0 aromatic heterocycles. The normalized spacial score (nSPS) is 10.3. The fourth-order valence-corrected chi connectivity index (χ4v) is 2.53. The highest BCUT2D eigenvalue weighted by atomic mass is 127. The molecule has 5 heteroatoms. The zero-order valence-electron chi connectivity index (χ0n) is 12.2. The van der Waals surface area contributed by atoms with Gasteiger partial charge in [0, 0.05) is 20.7 Å². The van der Waals surface area contributed by atoms with Gasteiger partial charge >= 0.3 is 0 Å². The maximum absolute atomic E-state index is 11.8. The number of anilines is 1. The average molecular weight is 430 g/mol. The predicted molar refractivity (Wildman–Crippen MR) is 98.7 cm³/mol. The molecule has 1 N–H and O–H groups in total. The summed E-state index contributed by atoms with van der Waals surface area (Å²) >= 11 is 8.13. The van der Waals surface area contributed by atoms with Gasteiger partial charge in [-0.25, -0.2) is 0 Å². The highest BCUT2D eigenvalue weighted by Gasteiger charge is 2.04. The highest BCUT2D eigenvalue weighted by Crippen LogP contribution is 2.22. The minimum absolute atomic E-state index is 0.00219. The number of halogens is 2. The largest absolute Gasteiger partial charge is 0.493 e. The summed E-state index contributed by atoms with van der Waals surface area (Å²) in [5.41, 5.74) is 1.82. The second-order valence-electron chi connectivity index (χ2n) is 4.92. The summed E-state index contributed by atoms with van der Waals surface area (Å²) in [4.78, 5) is 11.8. The maximum atomic E-state index is 11.8. The Morgan fingerprint density at radius 3 is 2.64 bits per heavy atom. The van der Waals surface area contributed by atoms with Crippen molar-refractivity contribution in [3.8, 4) is 5.75 Å². The number of carbonyl (C=O) groups excluding carboxylic acids is 1. The Bertz CT molecular complexity index is 644. The van der Waals surface area contributed by atoms with Gasteiger partial charge in [-0.15, -0.1) is 0 Å². The van der Waals surface area contributed by atoms with Gasteiger partial charge in [-0.3, -0.25) is 4.79 Å². The van der Waals surface area contributed by atoms with Crippen molar-refractivity contribution in [2.75, 3.05) is 11.9 Å². The lowest BCUT2D eigenvalue weighted by Crippen LogP contribution is -2.12. The number of hydrogen-bond donors (Lipinski definition) is 1. The summed E-state index contributed by atoms with van der Waals surface area (Å²) in [5.74, 6) is 0.806. The lowest BCUT2D eigenvalue weighted by molar-refractivity contribution is -0.116. The molecule has 3 nitrogen and oxygen atoms in total. The van der Waals surface area contributed by atoms with Crippen LogP contribution in [0.5, 0.6) is 5.75 Å². The van der Waals surface area contributed by atoms with E-state index in [-0.39, 0.29) is 5.91 Å². The van der Waals surface area contributed by atoms with E-state index < -0.39 is 0 Å². The van der Waals surface area contributed by atoms with Crippen LogP contribution in [0.1, 0.15) is 18.4 Å². The summed E-state index contributed by atoms with van der Waals surface area (Å²) in [5, 5.41) is 3.57. The number of nitrogens with one attached hydrogen (secondary N) is 1. The lowest BCUT2D eigenvalue weighted by atomic mass is 10.2. The summed E-state index contributed by atoms with van der Waals surface area (Å²) in [7, 11) is 0. The van der Waals surface area contributed by atoms with Gasteiger partial charge in [0.1, 0.15) is 5.75 Å². The molecule has 0 heterocycles. The van der Waals surface area contributed by atoms with Crippen molar-refractivity contribution in [1.29, 1.82) is 0 Å². The Kier molecular flexibility index (Phi) is 6.51. The van der Waals surface area contributed by atoms with Crippen molar-refractivity contribution in [2.45, 2.75) is 19.8 Å². The minimum Gasteiger partial charge on any atom is -0.493 e. The van der Waals surface area contributed by atoms with Crippen molar-refractivity contribution in [3.63, 3.8) is 0 Å². The molecule has 0 atom stereocenters. The van der Waals surface area contributed by atoms with Crippen LogP contribution in [-0.4, -0.2) is 12.5 Å². The van der Waals surface area contributed by atoms with Gasteiger partial charge < -0.3 is 10.1 Å². The molecular weight excluding hydrogens is 413 g/mol. The third kappa shape index (κ3) is 5.50. The van der Waals surface area contributed by atoms with E-state index in [9.17, 15) is 4.79 Å². The van der Waals surface area contributed by atoms with Gasteiger partial charge in [-0.2, -0.15) is 0 Å². The van der Waals surface area contributed by atoms with Crippen LogP contribution in [0.2, 0.25) is 5.02 Å². The standard InChI is InChI=1S/C17H17ClINO2/c1-12-11-13(18)4-9-16(12)22-10-2-3-17(21)20-15-7-5-14(19)6-8-15/h4-9,11H,2-3,10H2,1H3,(H,20,21). The first kappa shape index (κ1) is 17.1. The monoisotopic (exact) mass is 429 g/mol. The maximum Gasteiger partial charge on any atom is 0.224 e. The fraction of sp³-hybridized carbons (Fsp3) is 0.235. The first-order valence-corrected chi connectivity index (χ1v) is 8.44. The van der Waals surface area contributed by atoms with Gasteiger partial charge in [-0.1, -0.05) is 11.6 Å². The third-order valence-electron chi connectivity index (χ3n) is 3.07. The van der Waals surface area contributed by atoms with E-state index >= 15 is 0 Å². The molecule has 116 valence electrons. The zero-order chi connectivity index (χ0) is 15.9. The summed E-state index contributed by atoms with van der Waals surface area (Å²) in [6.07, 6.45) is 1.09. The Morgan fingerprint density at radius 2 is 1.95 bits per heavy atom. The van der Waals surface area contributed by atoms with Crippen molar-refractivity contribution >= 4 is 45.8 Å². The van der Waals surface area contributed by atoms with E-state index in [1.165, 1.54) is 0 Å². The van der Waals surface area contributed by atoms with Crippen molar-refractivity contribution in [2.24, 2.45) is 0 Å². The van der Waals surface area contributed by atoms with Crippen LogP contribution < -0.4 is 10.1 Å². The molecule has 0 aliphatic heterocycles. The van der Waals surface area contributed by atoms with Crippen molar-refractivity contribution < 1.29 is 9.53 Å². The number of ether oxygens (including phenoxy) is 1. The Morgan fingerprint density at radius 1 is 1.23 bits per heavy atom. The molecule has 0 saturated carbocycles. The van der Waals surface area contributed by atoms with Crippen LogP contribution in [0, 0.1) is 10.5 Å². The molecule has 0 fully saturated rings. The zero-order valence-corrected chi connectivity index (χ0v) is 15.1. The first-order chi connectivity index (χ1) is 10.5. The molecule has 0 unspecified atom stereocenters. The van der Waals surface area contributed by atoms with Crippen LogP contribution in [0.3, 0.4) is 0 Å². The summed E-state index contributed by atoms with van der Waals surface area (Å²) < 4.78 is 6.81. The molecule has 0 aliphatic carbocycles. The topological polar surface area (TPSA) is 38.3 Å². The molecule has 2 aromatic carbocycles. The van der Waals surface area contributed by atoms with E-state index in [0.717, 1.165) is 20.6 Å². The number of amides is 1. The van der Waals surface area contributed by atoms with Crippen LogP contribution in [0.15, 0.2) is 42.5 Å². The first-order valence-electron chi connectivity index (χ1n) is 6.99. The number of hydrogen-bond acceptors (Lipinski definition) is 2. The number of aryl methyl sites for hydroxylation is 1. The molecule has 0 aliphatic rings. The smallest absolute Gasteiger partial charge is 0.224 e. The SMILES string of the molecule is Cc1cc(Cl)ccc1OCCCC(=O)Nc1ccc(I)cc1. The Balaban J connectivity index is 1.72. The summed E-state index contributed by atoms with van der Waals surface area (Å²) in [6, 6.07) is 13.2. The number of benzene rings is 2. The van der Waals surface area contributed by atoms with Gasteiger partial charge in [-0.05, 0) is 84.0 Å². The van der Waals surface area contributed by atoms with E-state index in [1.54, 1.807) is 6.07 Å². The van der Waals surface area contributed by atoms with E-state index in [4.69, 9.17) is 16.3 Å². The predicted octanol–water partition coefficient (Wildman–Crippen LogP) is 5.05. The Hall–Kier alpha value is -1.27. The lowest BCUT2D eigenvalue weighted by Gasteiger charge is -2.09. The molecule has 0 bridgehead atoms. The van der Waals surface area contributed by atoms with Crippen LogP contribution in [0.25, 0.3) is 0 Å². The van der Waals surface area contributed by atoms with Crippen LogP contribution >= 0.6 is 34.2 Å². The van der Waals surface area contributed by atoms with Crippen LogP contribution in [-0.2, 0) is 4.79 Å². The second kappa shape index (κ2) is 8.39. The van der Waals surface area contributed by atoms with Gasteiger partial charge in [0.25, 0.3) is 0 Å². The van der Waals surface area contributed by atoms with E-state index in [2.05, 4.69) is 27.9 Å². The van der Waals surface area contributed by atoms with Gasteiger partial charge in [0.15, 0.2) is 0 Å². The van der Waals surface area contributed by atoms with Crippen molar-refractivity contribution in [3.05, 3.63) is 56.6 Å². The molecule has 0 spiro atoms. The molecule has 2 rings (SSSR count). The number of rotatable bonds is 6. The molecule has 0 saturated heterocycles. The third-order valence-corrected chi connectivity index (χ3v) is 4.02. The molecular formula is C17H17ClINO2. The quantitative estimate of drug-likeness (QED) is 0.515. The highest BCUT2D eigenvalue weighted by molar-refractivity contribution is 14.1. The van der Waals surface area contributed by atoms with Gasteiger partial charge in [0.2, 0.25) is 5.91 Å². The minimum atomic E-state index is -0.00219. The van der Waals surface area contributed by atoms with Crippen molar-refractivity contribution in [1.82, 2.24) is 0 Å². The second-order valence-corrected chi connectivity index (χ2v) is 6.60. The molecule has 22 heavy (non-hydrogen) atoms. The molecule has 1 amide bonds. The fourth-order valence-electron chi connectivity index (χ4n) is 1.95. The molecule has 0 radical (unpaired) electrons. The average Bonchev–Trinajstić information content (AvgIpc) is 2.48. The van der Waals surface area contributed by atoms with E-state index in [0.29, 0.717) is 24.5 Å². The van der Waals surface area contributed by atoms with E-state index in [1.807, 2.05) is 43.3 Å². The van der Waals surface area contributed by atoms with Crippen LogP contribution in [0.4, 0.5) is 5.69 Å². The number of carbonyl (C=O) groups is 1. The Labute approximate surface area is 149 Å².